The summed E-state index contributed by atoms with van der Waals surface area (Å²) in [6, 6.07) is 0. The van der Waals surface area contributed by atoms with Crippen LogP contribution in [-0.4, -0.2) is 68.2 Å². The maximum atomic E-state index is 14.5. The van der Waals surface area contributed by atoms with E-state index in [4.69, 9.17) is 28.4 Å². The Balaban J connectivity index is 4.19. The van der Waals surface area contributed by atoms with Crippen molar-refractivity contribution in [1.82, 2.24) is 0 Å². The van der Waals surface area contributed by atoms with E-state index in [0.717, 1.165) is 63.9 Å². The summed E-state index contributed by atoms with van der Waals surface area (Å²) in [7, 11) is -2.80. The van der Waals surface area contributed by atoms with E-state index in [2.05, 4.69) is 41.2 Å². The summed E-state index contributed by atoms with van der Waals surface area (Å²) >= 11 is 0. The predicted molar refractivity (Wildman–Crippen MR) is 169 cm³/mol. The average Bonchev–Trinajstić information content (AvgIpc) is 2.99. The molecule has 0 aromatic rings. The van der Waals surface area contributed by atoms with Gasteiger partial charge in [0.25, 0.3) is 5.79 Å². The smallest absolute Gasteiger partial charge is 0.368 e. The molecular formula is C33H60O8P+. The summed E-state index contributed by atoms with van der Waals surface area (Å²) in [5.74, 6) is -3.60. The zero-order valence-electron chi connectivity index (χ0n) is 27.5. The lowest BCUT2D eigenvalue weighted by Crippen LogP contribution is -2.77. The third kappa shape index (κ3) is 9.76. The molecule has 0 aliphatic heterocycles. The predicted octanol–water partition coefficient (Wildman–Crippen LogP) is 8.45. The van der Waals surface area contributed by atoms with E-state index in [1.54, 1.807) is 12.2 Å². The van der Waals surface area contributed by atoms with E-state index in [1.807, 2.05) is 6.92 Å². The lowest BCUT2D eigenvalue weighted by molar-refractivity contribution is -0.457. The van der Waals surface area contributed by atoms with Crippen molar-refractivity contribution in [3.8, 4) is 0 Å². The van der Waals surface area contributed by atoms with Crippen molar-refractivity contribution in [1.29, 1.82) is 0 Å². The molecule has 3 atom stereocenters. The average molecular weight is 616 g/mol. The lowest BCUT2D eigenvalue weighted by Gasteiger charge is -2.55. The Kier molecular flexibility index (Phi) is 20.1. The van der Waals surface area contributed by atoms with Crippen LogP contribution >= 0.6 is 7.80 Å². The van der Waals surface area contributed by atoms with Gasteiger partial charge in [-0.25, -0.2) is 4.79 Å². The zero-order valence-corrected chi connectivity index (χ0v) is 28.4. The van der Waals surface area contributed by atoms with Crippen molar-refractivity contribution in [2.45, 2.75) is 142 Å². The van der Waals surface area contributed by atoms with Crippen LogP contribution in [0.1, 0.15) is 119 Å². The molecule has 0 saturated carbocycles. The first kappa shape index (κ1) is 39.0. The van der Waals surface area contributed by atoms with Crippen molar-refractivity contribution in [2.24, 2.45) is 0 Å². The maximum Gasteiger partial charge on any atom is 0.464 e. The van der Waals surface area contributed by atoms with Crippen molar-refractivity contribution < 1.29 is 37.8 Å². The molecule has 0 amide bonds. The minimum absolute atomic E-state index is 0.240. The quantitative estimate of drug-likeness (QED) is 0.0299. The van der Waals surface area contributed by atoms with Crippen molar-refractivity contribution in [3.63, 3.8) is 0 Å². The summed E-state index contributed by atoms with van der Waals surface area (Å²) in [6.45, 7) is 18.0. The monoisotopic (exact) mass is 615 g/mol. The van der Waals surface area contributed by atoms with Crippen LogP contribution in [0.25, 0.3) is 0 Å². The minimum Gasteiger partial charge on any atom is -0.368 e. The highest BCUT2D eigenvalue weighted by atomic mass is 31.1. The van der Waals surface area contributed by atoms with Gasteiger partial charge in [-0.15, -0.1) is 0 Å². The molecule has 0 spiro atoms. The molecule has 1 aliphatic rings. The minimum atomic E-state index is -2.80. The van der Waals surface area contributed by atoms with Crippen LogP contribution in [0.3, 0.4) is 0 Å². The topological polar surface area (TPSA) is 89.5 Å². The number of carbonyl (C=O) groups is 1. The van der Waals surface area contributed by atoms with Gasteiger partial charge in [-0.1, -0.05) is 91.2 Å². The fraction of sp³-hybridized carbons (Fsp3) is 0.848. The molecule has 0 radical (unpaired) electrons. The number of rotatable bonds is 27. The molecule has 0 aromatic carbocycles. The molecule has 0 saturated heterocycles. The van der Waals surface area contributed by atoms with E-state index < -0.39 is 36.3 Å². The van der Waals surface area contributed by atoms with E-state index in [0.29, 0.717) is 39.1 Å². The molecule has 8 nitrogen and oxygen atoms in total. The van der Waals surface area contributed by atoms with Gasteiger partial charge in [-0.05, 0) is 44.6 Å². The van der Waals surface area contributed by atoms with Crippen LogP contribution in [0.4, 0.5) is 0 Å². The molecule has 0 aromatic heterocycles. The van der Waals surface area contributed by atoms with Crippen LogP contribution in [0.5, 0.6) is 0 Å². The zero-order chi connectivity index (χ0) is 31.3. The fourth-order valence-corrected chi connectivity index (χ4v) is 6.21. The number of unbranched alkanes of at least 4 members (excludes halogenated alkanes) is 6. The molecule has 0 N–H and O–H groups in total. The van der Waals surface area contributed by atoms with E-state index in [1.165, 1.54) is 0 Å². The van der Waals surface area contributed by atoms with Crippen LogP contribution in [0.2, 0.25) is 0 Å². The molecule has 42 heavy (non-hydrogen) atoms. The van der Waals surface area contributed by atoms with Gasteiger partial charge in [0.1, 0.15) is 6.10 Å². The summed E-state index contributed by atoms with van der Waals surface area (Å²) in [4.78, 5) is 13.3. The van der Waals surface area contributed by atoms with Crippen LogP contribution in [0.15, 0.2) is 24.8 Å². The third-order valence-electron chi connectivity index (χ3n) is 7.33. The first-order chi connectivity index (χ1) is 20.4. The second-order valence-electron chi connectivity index (χ2n) is 10.8. The van der Waals surface area contributed by atoms with E-state index in [-0.39, 0.29) is 19.8 Å². The lowest BCUT2D eigenvalue weighted by atomic mass is 9.85. The number of allylic oxidation sites excluding steroid dienone is 1. The Labute approximate surface area is 257 Å². The van der Waals surface area contributed by atoms with Crippen LogP contribution in [0, 0.1) is 0 Å². The fourth-order valence-electron chi connectivity index (χ4n) is 4.74. The highest BCUT2D eigenvalue weighted by Crippen LogP contribution is 2.60. The molecule has 0 bridgehead atoms. The number of ether oxygens (including phenoxy) is 6. The molecule has 1 rings (SSSR count). The van der Waals surface area contributed by atoms with Gasteiger partial charge in [0.2, 0.25) is 0 Å². The number of hydrogen-bond donors (Lipinski definition) is 0. The molecule has 3 unspecified atom stereocenters. The first-order valence-corrected chi connectivity index (χ1v) is 17.8. The normalized spacial score (nSPS) is 21.4. The summed E-state index contributed by atoms with van der Waals surface area (Å²) in [6.07, 6.45) is 13.5. The molecule has 9 heteroatoms. The van der Waals surface area contributed by atoms with Gasteiger partial charge < -0.3 is 28.4 Å². The Bertz CT molecular complexity index is 781. The van der Waals surface area contributed by atoms with Crippen molar-refractivity contribution in [3.05, 3.63) is 24.8 Å². The standard InChI is InChI=1S/C33H60O8P/c1-8-15-23-36-29-21-22-31(37-24-16-9-2,42(35)30(34)14-7)33(40-27-19-12-5,41-28-20-13-6)32(29,38-25-17-10-3)39-26-18-11-4/h14,21-22,29H,7-13,15-20,23-28H2,1-6H3/q+1. The first-order valence-electron chi connectivity index (χ1n) is 16.5. The summed E-state index contributed by atoms with van der Waals surface area (Å²) in [5, 5.41) is -1.84. The van der Waals surface area contributed by atoms with Crippen molar-refractivity contribution in [2.75, 3.05) is 39.6 Å². The Morgan fingerprint density at radius 3 is 1.52 bits per heavy atom. The SMILES string of the molecule is C=CC(=O)[P+](=O)C1(OCCCC)C=CC(OCCCC)C(OCCCC)(OCCCC)C1(OCCCC)OCCCC. The van der Waals surface area contributed by atoms with Gasteiger partial charge in [-0.2, -0.15) is 0 Å². The molecule has 244 valence electrons. The molecule has 0 fully saturated rings. The van der Waals surface area contributed by atoms with E-state index in [9.17, 15) is 9.36 Å². The second-order valence-corrected chi connectivity index (χ2v) is 12.5. The Morgan fingerprint density at radius 2 is 1.10 bits per heavy atom. The number of carbonyl (C=O) groups excluding carboxylic acids is 1. The second kappa shape index (κ2) is 21.7. The van der Waals surface area contributed by atoms with Crippen LogP contribution in [-0.2, 0) is 37.8 Å². The van der Waals surface area contributed by atoms with Gasteiger partial charge >= 0.3 is 24.5 Å². The summed E-state index contributed by atoms with van der Waals surface area (Å²) in [5.41, 5.74) is -0.643. The van der Waals surface area contributed by atoms with E-state index >= 15 is 0 Å². The largest absolute Gasteiger partial charge is 0.464 e. The third-order valence-corrected chi connectivity index (χ3v) is 9.09. The van der Waals surface area contributed by atoms with Gasteiger partial charge in [0.15, 0.2) is 0 Å². The highest BCUT2D eigenvalue weighted by Gasteiger charge is 2.82. The molecular weight excluding hydrogens is 555 g/mol. The highest BCUT2D eigenvalue weighted by molar-refractivity contribution is 7.66. The molecule has 0 heterocycles. The van der Waals surface area contributed by atoms with Gasteiger partial charge in [0, 0.05) is 18.8 Å². The van der Waals surface area contributed by atoms with Gasteiger partial charge in [0.05, 0.1) is 33.0 Å². The van der Waals surface area contributed by atoms with Crippen LogP contribution < -0.4 is 0 Å². The van der Waals surface area contributed by atoms with Gasteiger partial charge in [-0.3, -0.25) is 0 Å². The number of hydrogen-bond acceptors (Lipinski definition) is 8. The summed E-state index contributed by atoms with van der Waals surface area (Å²) < 4.78 is 54.9. The Hall–Kier alpha value is -0.990. The Morgan fingerprint density at radius 1 is 0.690 bits per heavy atom. The van der Waals surface area contributed by atoms with Crippen molar-refractivity contribution >= 4 is 13.3 Å². The molecule has 1 aliphatic carbocycles. The maximum absolute atomic E-state index is 14.5.